The van der Waals surface area contributed by atoms with Gasteiger partial charge in [-0.25, -0.2) is 0 Å². The van der Waals surface area contributed by atoms with Crippen molar-refractivity contribution in [2.24, 2.45) is 0 Å². The van der Waals surface area contributed by atoms with Gasteiger partial charge in [-0.2, -0.15) is 0 Å². The van der Waals surface area contributed by atoms with Crippen LogP contribution in [-0.2, 0) is 0 Å². The lowest BCUT2D eigenvalue weighted by Gasteiger charge is -2.23. The molecular formula is C19H19ClN2O2S. The highest BCUT2D eigenvalue weighted by atomic mass is 35.5. The summed E-state index contributed by atoms with van der Waals surface area (Å²) in [5.41, 5.74) is 0.771. The molecule has 1 N–H and O–H groups in total. The molecule has 2 heterocycles. The molecule has 0 radical (unpaired) electrons. The van der Waals surface area contributed by atoms with E-state index in [1.54, 1.807) is 29.5 Å². The van der Waals surface area contributed by atoms with Crippen molar-refractivity contribution in [2.75, 3.05) is 20.6 Å². The Morgan fingerprint density at radius 1 is 1.20 bits per heavy atom. The van der Waals surface area contributed by atoms with E-state index in [9.17, 15) is 4.79 Å². The predicted molar refractivity (Wildman–Crippen MR) is 102 cm³/mol. The van der Waals surface area contributed by atoms with E-state index >= 15 is 0 Å². The molecule has 2 aromatic heterocycles. The number of carbonyl (C=O) groups excluding carboxylic acids is 1. The van der Waals surface area contributed by atoms with Crippen molar-refractivity contribution >= 4 is 28.8 Å². The Morgan fingerprint density at radius 2 is 2.00 bits per heavy atom. The van der Waals surface area contributed by atoms with E-state index in [0.29, 0.717) is 17.3 Å². The summed E-state index contributed by atoms with van der Waals surface area (Å²) in [7, 11) is 4.00. The molecule has 0 saturated heterocycles. The van der Waals surface area contributed by atoms with Gasteiger partial charge in [-0.3, -0.25) is 4.79 Å². The summed E-state index contributed by atoms with van der Waals surface area (Å²) in [6.45, 7) is 0.508. The molecule has 1 unspecified atom stereocenters. The average molecular weight is 375 g/mol. The molecule has 4 nitrogen and oxygen atoms in total. The number of benzene rings is 1. The predicted octanol–water partition coefficient (Wildman–Crippen LogP) is 4.69. The van der Waals surface area contributed by atoms with Gasteiger partial charge in [-0.1, -0.05) is 29.8 Å². The van der Waals surface area contributed by atoms with Gasteiger partial charge in [0.25, 0.3) is 5.91 Å². The highest BCUT2D eigenvalue weighted by Gasteiger charge is 2.18. The smallest absolute Gasteiger partial charge is 0.287 e. The minimum Gasteiger partial charge on any atom is -0.451 e. The monoisotopic (exact) mass is 374 g/mol. The van der Waals surface area contributed by atoms with Crippen LogP contribution in [-0.4, -0.2) is 31.4 Å². The van der Waals surface area contributed by atoms with Gasteiger partial charge in [0, 0.05) is 17.0 Å². The summed E-state index contributed by atoms with van der Waals surface area (Å²) in [6.07, 6.45) is 0. The summed E-state index contributed by atoms with van der Waals surface area (Å²) in [5, 5.41) is 5.58. The molecule has 0 spiro atoms. The minimum absolute atomic E-state index is 0.127. The number of hydrogen-bond acceptors (Lipinski definition) is 4. The topological polar surface area (TPSA) is 45.5 Å². The lowest BCUT2D eigenvalue weighted by molar-refractivity contribution is 0.0915. The van der Waals surface area contributed by atoms with E-state index < -0.39 is 0 Å². The Labute approximate surface area is 156 Å². The summed E-state index contributed by atoms with van der Waals surface area (Å²) < 4.78 is 5.69. The van der Waals surface area contributed by atoms with Crippen LogP contribution >= 0.6 is 22.9 Å². The van der Waals surface area contributed by atoms with Crippen molar-refractivity contribution in [1.82, 2.24) is 10.2 Å². The molecule has 0 saturated carbocycles. The van der Waals surface area contributed by atoms with Gasteiger partial charge >= 0.3 is 0 Å². The zero-order chi connectivity index (χ0) is 17.8. The van der Waals surface area contributed by atoms with Gasteiger partial charge in [-0.15, -0.1) is 11.3 Å². The van der Waals surface area contributed by atoms with Crippen molar-refractivity contribution in [2.45, 2.75) is 6.04 Å². The van der Waals surface area contributed by atoms with Crippen LogP contribution in [0.1, 0.15) is 21.5 Å². The van der Waals surface area contributed by atoms with Gasteiger partial charge in [0.15, 0.2) is 5.76 Å². The second-order valence-electron chi connectivity index (χ2n) is 5.85. The largest absolute Gasteiger partial charge is 0.451 e. The lowest BCUT2D eigenvalue weighted by atomic mass is 10.2. The molecule has 0 aliphatic rings. The van der Waals surface area contributed by atoms with Crippen molar-refractivity contribution in [3.8, 4) is 11.3 Å². The lowest BCUT2D eigenvalue weighted by Crippen LogP contribution is -2.34. The first-order chi connectivity index (χ1) is 12.1. The normalized spacial score (nSPS) is 12.3. The Hall–Kier alpha value is -2.08. The van der Waals surface area contributed by atoms with Crippen LogP contribution < -0.4 is 5.32 Å². The van der Waals surface area contributed by atoms with Crippen molar-refractivity contribution in [3.63, 3.8) is 0 Å². The third-order valence-electron chi connectivity index (χ3n) is 3.92. The SMILES string of the molecule is CN(C)C(CNC(=O)c1ccc(-c2ccccc2Cl)o1)c1cccs1. The maximum absolute atomic E-state index is 12.4. The molecule has 0 aliphatic heterocycles. The Morgan fingerprint density at radius 3 is 2.68 bits per heavy atom. The number of likely N-dealkylation sites (N-methyl/N-ethyl adjacent to an activating group) is 1. The van der Waals surface area contributed by atoms with Crippen LogP contribution in [0, 0.1) is 0 Å². The third-order valence-corrected chi connectivity index (χ3v) is 5.22. The number of nitrogens with one attached hydrogen (secondary N) is 1. The quantitative estimate of drug-likeness (QED) is 0.680. The highest BCUT2D eigenvalue weighted by molar-refractivity contribution is 7.10. The number of halogens is 1. The molecule has 0 bridgehead atoms. The van der Waals surface area contributed by atoms with Crippen molar-refractivity contribution in [3.05, 3.63) is 69.6 Å². The first kappa shape index (κ1) is 17.7. The number of nitrogens with zero attached hydrogens (tertiary/aromatic N) is 1. The molecule has 3 aromatic rings. The number of hydrogen-bond donors (Lipinski definition) is 1. The molecule has 130 valence electrons. The zero-order valence-electron chi connectivity index (χ0n) is 14.0. The fourth-order valence-corrected chi connectivity index (χ4v) is 3.71. The summed E-state index contributed by atoms with van der Waals surface area (Å²) >= 11 is 7.86. The molecular weight excluding hydrogens is 356 g/mol. The van der Waals surface area contributed by atoms with Gasteiger partial charge in [0.1, 0.15) is 5.76 Å². The molecule has 1 atom stereocenters. The third kappa shape index (κ3) is 4.12. The van der Waals surface area contributed by atoms with E-state index in [0.717, 1.165) is 5.56 Å². The molecule has 3 rings (SSSR count). The molecule has 0 fully saturated rings. The van der Waals surface area contributed by atoms with Crippen LogP contribution in [0.15, 0.2) is 58.3 Å². The van der Waals surface area contributed by atoms with E-state index in [2.05, 4.69) is 16.3 Å². The fraction of sp³-hybridized carbons (Fsp3) is 0.211. The molecule has 0 aliphatic carbocycles. The number of thiophene rings is 1. The average Bonchev–Trinajstić information content (AvgIpc) is 3.27. The molecule has 1 amide bonds. The van der Waals surface area contributed by atoms with Crippen LogP contribution in [0.5, 0.6) is 0 Å². The van der Waals surface area contributed by atoms with Gasteiger partial charge in [0.05, 0.1) is 11.1 Å². The van der Waals surface area contributed by atoms with Gasteiger partial charge < -0.3 is 14.6 Å². The van der Waals surface area contributed by atoms with Crippen LogP contribution in [0.4, 0.5) is 0 Å². The van der Waals surface area contributed by atoms with Gasteiger partial charge in [0.2, 0.25) is 0 Å². The van der Waals surface area contributed by atoms with Crippen LogP contribution in [0.25, 0.3) is 11.3 Å². The summed E-state index contributed by atoms with van der Waals surface area (Å²) in [4.78, 5) is 15.7. The molecule has 1 aromatic carbocycles. The Kier molecular flexibility index (Phi) is 5.58. The minimum atomic E-state index is -0.235. The fourth-order valence-electron chi connectivity index (χ4n) is 2.56. The van der Waals surface area contributed by atoms with Crippen molar-refractivity contribution in [1.29, 1.82) is 0 Å². The zero-order valence-corrected chi connectivity index (χ0v) is 15.6. The number of rotatable bonds is 6. The number of amides is 1. The van der Waals surface area contributed by atoms with E-state index in [1.165, 1.54) is 4.88 Å². The van der Waals surface area contributed by atoms with Gasteiger partial charge in [-0.05, 0) is 49.8 Å². The standard InChI is InChI=1S/C19H19ClN2O2S/c1-22(2)15(18-8-5-11-25-18)12-21-19(23)17-10-9-16(24-17)13-6-3-4-7-14(13)20/h3-11,15H,12H2,1-2H3,(H,21,23). The second kappa shape index (κ2) is 7.87. The number of furan rings is 1. The maximum atomic E-state index is 12.4. The molecule has 6 heteroatoms. The van der Waals surface area contributed by atoms with E-state index in [-0.39, 0.29) is 17.7 Å². The second-order valence-corrected chi connectivity index (χ2v) is 7.24. The number of carbonyl (C=O) groups is 1. The molecule has 25 heavy (non-hydrogen) atoms. The van der Waals surface area contributed by atoms with Crippen LogP contribution in [0.2, 0.25) is 5.02 Å². The summed E-state index contributed by atoms with van der Waals surface area (Å²) in [6, 6.07) is 15.0. The Balaban J connectivity index is 1.69. The van der Waals surface area contributed by atoms with E-state index in [1.807, 2.05) is 43.7 Å². The van der Waals surface area contributed by atoms with E-state index in [4.69, 9.17) is 16.0 Å². The first-order valence-corrected chi connectivity index (χ1v) is 9.15. The Bertz CT molecular complexity index is 843. The highest BCUT2D eigenvalue weighted by Crippen LogP contribution is 2.29. The maximum Gasteiger partial charge on any atom is 0.287 e. The summed E-state index contributed by atoms with van der Waals surface area (Å²) in [5.74, 6) is 0.624. The van der Waals surface area contributed by atoms with Crippen LogP contribution in [0.3, 0.4) is 0 Å². The van der Waals surface area contributed by atoms with Crippen molar-refractivity contribution < 1.29 is 9.21 Å². The first-order valence-electron chi connectivity index (χ1n) is 7.89.